The van der Waals surface area contributed by atoms with Crippen molar-refractivity contribution in [2.75, 3.05) is 32.7 Å². The molecule has 32 heavy (non-hydrogen) atoms. The highest BCUT2D eigenvalue weighted by Crippen LogP contribution is 2.28. The number of anilines is 1. The molecule has 0 saturated carbocycles. The van der Waals surface area contributed by atoms with Crippen LogP contribution < -0.4 is 24.8 Å². The summed E-state index contributed by atoms with van der Waals surface area (Å²) in [6.45, 7) is 4.97. The van der Waals surface area contributed by atoms with E-state index in [0.717, 1.165) is 0 Å². The highest BCUT2D eigenvalue weighted by atomic mass is 16.5. The maximum atomic E-state index is 12.3. The Morgan fingerprint density at radius 3 is 2.38 bits per heavy atom. The number of benzene rings is 2. The lowest BCUT2D eigenvalue weighted by Gasteiger charge is -2.14. The van der Waals surface area contributed by atoms with Crippen molar-refractivity contribution in [1.82, 2.24) is 5.32 Å². The Hall–Kier alpha value is -4.01. The lowest BCUT2D eigenvalue weighted by Crippen LogP contribution is -2.35. The van der Waals surface area contributed by atoms with Gasteiger partial charge in [-0.3, -0.25) is 9.59 Å². The number of esters is 1. The quantitative estimate of drug-likeness (QED) is 0.406. The Bertz CT molecular complexity index is 957. The van der Waals surface area contributed by atoms with Crippen molar-refractivity contribution in [3.8, 4) is 17.2 Å². The lowest BCUT2D eigenvalue weighted by molar-refractivity contribution is -0.128. The van der Waals surface area contributed by atoms with E-state index in [0.29, 0.717) is 11.4 Å². The largest absolute Gasteiger partial charge is 0.497 e. The maximum absolute atomic E-state index is 12.3. The van der Waals surface area contributed by atoms with Gasteiger partial charge in [-0.2, -0.15) is 0 Å². The van der Waals surface area contributed by atoms with Crippen molar-refractivity contribution in [3.05, 3.63) is 60.7 Å². The minimum absolute atomic E-state index is 0.167. The molecule has 0 saturated heterocycles. The van der Waals surface area contributed by atoms with Gasteiger partial charge < -0.3 is 29.6 Å². The molecule has 0 spiro atoms. The predicted octanol–water partition coefficient (Wildman–Crippen LogP) is 2.57. The van der Waals surface area contributed by atoms with Crippen molar-refractivity contribution in [1.29, 1.82) is 0 Å². The molecule has 0 aliphatic carbocycles. The van der Waals surface area contributed by atoms with Gasteiger partial charge in [0, 0.05) is 12.2 Å². The minimum atomic E-state index is -0.981. The molecule has 2 rings (SSSR count). The van der Waals surface area contributed by atoms with Gasteiger partial charge in [0.15, 0.2) is 24.2 Å². The van der Waals surface area contributed by atoms with Gasteiger partial charge in [-0.1, -0.05) is 6.08 Å². The molecular formula is C23H26N2O7. The van der Waals surface area contributed by atoms with Crippen molar-refractivity contribution < 1.29 is 33.3 Å². The molecule has 0 bridgehead atoms. The molecule has 2 amide bonds. The fourth-order valence-corrected chi connectivity index (χ4v) is 2.53. The summed E-state index contributed by atoms with van der Waals surface area (Å²) in [7, 11) is 2.96. The first-order chi connectivity index (χ1) is 15.4. The Morgan fingerprint density at radius 1 is 1.03 bits per heavy atom. The first kappa shape index (κ1) is 24.3. The second-order valence-corrected chi connectivity index (χ2v) is 6.51. The van der Waals surface area contributed by atoms with Gasteiger partial charge in [0.1, 0.15) is 5.75 Å². The molecule has 9 nitrogen and oxygen atoms in total. The molecule has 0 radical (unpaired) electrons. The minimum Gasteiger partial charge on any atom is -0.497 e. The Balaban J connectivity index is 1.95. The number of carbonyl (C=O) groups excluding carboxylic acids is 3. The fraction of sp³-hybridized carbons (Fsp3) is 0.261. The summed E-state index contributed by atoms with van der Waals surface area (Å²) in [6, 6.07) is 11.2. The second kappa shape index (κ2) is 12.0. The summed E-state index contributed by atoms with van der Waals surface area (Å²) < 4.78 is 21.0. The van der Waals surface area contributed by atoms with E-state index in [1.165, 1.54) is 38.3 Å². The molecule has 0 heterocycles. The molecule has 1 unspecified atom stereocenters. The van der Waals surface area contributed by atoms with Crippen LogP contribution in [0.5, 0.6) is 17.2 Å². The summed E-state index contributed by atoms with van der Waals surface area (Å²) in [5.74, 6) is -0.331. The SMILES string of the molecule is C=CCNC(=O)C(C)OC(=O)c1ccc(OCC(=O)Nc2ccc(OC)cc2)c(OC)c1. The third kappa shape index (κ3) is 7.05. The van der Waals surface area contributed by atoms with Crippen molar-refractivity contribution >= 4 is 23.5 Å². The maximum Gasteiger partial charge on any atom is 0.339 e. The van der Waals surface area contributed by atoms with Crippen LogP contribution in [0.15, 0.2) is 55.1 Å². The van der Waals surface area contributed by atoms with E-state index in [-0.39, 0.29) is 36.1 Å². The number of nitrogens with one attached hydrogen (secondary N) is 2. The Morgan fingerprint density at radius 2 is 1.75 bits per heavy atom. The zero-order chi connectivity index (χ0) is 23.5. The van der Waals surface area contributed by atoms with Crippen LogP contribution in [0.4, 0.5) is 5.69 Å². The van der Waals surface area contributed by atoms with Crippen LogP contribution in [0.2, 0.25) is 0 Å². The van der Waals surface area contributed by atoms with Crippen molar-refractivity contribution in [2.45, 2.75) is 13.0 Å². The molecular weight excluding hydrogens is 416 g/mol. The zero-order valence-corrected chi connectivity index (χ0v) is 18.2. The number of hydrogen-bond donors (Lipinski definition) is 2. The van der Waals surface area contributed by atoms with Crippen LogP contribution in [0.1, 0.15) is 17.3 Å². The summed E-state index contributed by atoms with van der Waals surface area (Å²) in [5.41, 5.74) is 0.760. The number of amides is 2. The van der Waals surface area contributed by atoms with Crippen LogP contribution in [0, 0.1) is 0 Å². The third-order valence-corrected chi connectivity index (χ3v) is 4.21. The summed E-state index contributed by atoms with van der Waals surface area (Å²) in [4.78, 5) is 36.3. The molecule has 2 aromatic rings. The van der Waals surface area contributed by atoms with E-state index in [1.807, 2.05) is 0 Å². The van der Waals surface area contributed by atoms with E-state index in [4.69, 9.17) is 18.9 Å². The molecule has 0 aliphatic heterocycles. The van der Waals surface area contributed by atoms with Gasteiger partial charge in [0.25, 0.3) is 11.8 Å². The number of hydrogen-bond acceptors (Lipinski definition) is 7. The Kier molecular flexibility index (Phi) is 9.09. The number of methoxy groups -OCH3 is 2. The molecule has 2 aromatic carbocycles. The van der Waals surface area contributed by atoms with E-state index in [9.17, 15) is 14.4 Å². The average molecular weight is 442 g/mol. The van der Waals surface area contributed by atoms with Crippen molar-refractivity contribution in [3.63, 3.8) is 0 Å². The molecule has 0 aliphatic rings. The molecule has 0 aromatic heterocycles. The van der Waals surface area contributed by atoms with Crippen LogP contribution in [-0.2, 0) is 14.3 Å². The lowest BCUT2D eigenvalue weighted by atomic mass is 10.2. The monoisotopic (exact) mass is 442 g/mol. The van der Waals surface area contributed by atoms with Gasteiger partial charge in [0.2, 0.25) is 0 Å². The standard InChI is InChI=1S/C23H26N2O7/c1-5-12-24-22(27)15(2)32-23(28)16-6-11-19(20(13-16)30-4)31-14-21(26)25-17-7-9-18(29-3)10-8-17/h5-11,13,15H,1,12,14H2,2-4H3,(H,24,27)(H,25,26). The van der Waals surface area contributed by atoms with Gasteiger partial charge in [-0.05, 0) is 49.4 Å². The molecule has 1 atom stereocenters. The fourth-order valence-electron chi connectivity index (χ4n) is 2.53. The van der Waals surface area contributed by atoms with Crippen LogP contribution in [-0.4, -0.2) is 51.3 Å². The average Bonchev–Trinajstić information content (AvgIpc) is 2.81. The van der Waals surface area contributed by atoms with Crippen LogP contribution >= 0.6 is 0 Å². The molecule has 170 valence electrons. The van der Waals surface area contributed by atoms with Gasteiger partial charge in [-0.15, -0.1) is 6.58 Å². The smallest absolute Gasteiger partial charge is 0.339 e. The summed E-state index contributed by atoms with van der Waals surface area (Å²) in [6.07, 6.45) is 0.541. The van der Waals surface area contributed by atoms with Crippen molar-refractivity contribution in [2.24, 2.45) is 0 Å². The first-order valence-electron chi connectivity index (χ1n) is 9.72. The van der Waals surface area contributed by atoms with E-state index in [2.05, 4.69) is 17.2 Å². The van der Waals surface area contributed by atoms with Crippen LogP contribution in [0.25, 0.3) is 0 Å². The second-order valence-electron chi connectivity index (χ2n) is 6.51. The number of ether oxygens (including phenoxy) is 4. The normalized spacial score (nSPS) is 11.0. The predicted molar refractivity (Wildman–Crippen MR) is 118 cm³/mol. The molecule has 2 N–H and O–H groups in total. The summed E-state index contributed by atoms with van der Waals surface area (Å²) in [5, 5.41) is 5.25. The highest BCUT2D eigenvalue weighted by Gasteiger charge is 2.20. The number of carbonyl (C=O) groups is 3. The van der Waals surface area contributed by atoms with Crippen LogP contribution in [0.3, 0.4) is 0 Å². The summed E-state index contributed by atoms with van der Waals surface area (Å²) >= 11 is 0. The third-order valence-electron chi connectivity index (χ3n) is 4.21. The van der Waals surface area contributed by atoms with Gasteiger partial charge >= 0.3 is 5.97 Å². The van der Waals surface area contributed by atoms with Gasteiger partial charge in [0.05, 0.1) is 19.8 Å². The molecule has 9 heteroatoms. The van der Waals surface area contributed by atoms with E-state index >= 15 is 0 Å². The zero-order valence-electron chi connectivity index (χ0n) is 18.2. The topological polar surface area (TPSA) is 112 Å². The Labute approximate surface area is 186 Å². The molecule has 0 fully saturated rings. The van der Waals surface area contributed by atoms with Gasteiger partial charge in [-0.25, -0.2) is 4.79 Å². The number of rotatable bonds is 11. The first-order valence-corrected chi connectivity index (χ1v) is 9.72. The van der Waals surface area contributed by atoms with E-state index in [1.54, 1.807) is 31.4 Å². The highest BCUT2D eigenvalue weighted by molar-refractivity contribution is 5.93. The van der Waals surface area contributed by atoms with E-state index < -0.39 is 18.0 Å².